The Hall–Kier alpha value is -1.85. The molecule has 3 aromatic rings. The maximum absolute atomic E-state index is 11.6. The van der Waals surface area contributed by atoms with Crippen molar-refractivity contribution in [2.75, 3.05) is 12.8 Å². The van der Waals surface area contributed by atoms with Crippen LogP contribution in [0, 0.1) is 0 Å². The number of carbonyl (C=O) groups is 1. The molecule has 0 saturated carbocycles. The number of fused-ring (bicyclic) bond motifs is 1. The molecule has 5 heteroatoms. The van der Waals surface area contributed by atoms with Gasteiger partial charge in [0.1, 0.15) is 4.88 Å². The summed E-state index contributed by atoms with van der Waals surface area (Å²) >= 11 is 4.81. The third-order valence-corrected chi connectivity index (χ3v) is 4.89. The monoisotopic (exact) mass is 361 g/mol. The van der Waals surface area contributed by atoms with Crippen LogP contribution in [0.2, 0.25) is 0 Å². The minimum Gasteiger partial charge on any atom is -0.465 e. The lowest BCUT2D eigenvalue weighted by atomic mass is 10.1. The first-order valence-electron chi connectivity index (χ1n) is 6.26. The van der Waals surface area contributed by atoms with Crippen molar-refractivity contribution in [1.82, 2.24) is 0 Å². The van der Waals surface area contributed by atoms with Crippen molar-refractivity contribution < 1.29 is 9.53 Å². The van der Waals surface area contributed by atoms with Gasteiger partial charge in [-0.2, -0.15) is 0 Å². The second kappa shape index (κ2) is 5.50. The van der Waals surface area contributed by atoms with E-state index in [1.165, 1.54) is 18.4 Å². The number of rotatable bonds is 2. The minimum atomic E-state index is -0.395. The summed E-state index contributed by atoms with van der Waals surface area (Å²) in [6.45, 7) is 0. The van der Waals surface area contributed by atoms with Crippen molar-refractivity contribution in [3.8, 4) is 10.4 Å². The molecule has 0 saturated heterocycles. The highest BCUT2D eigenvalue weighted by atomic mass is 79.9. The molecule has 3 nitrogen and oxygen atoms in total. The Morgan fingerprint density at radius 1 is 1.14 bits per heavy atom. The molecule has 21 heavy (non-hydrogen) atoms. The van der Waals surface area contributed by atoms with Gasteiger partial charge in [0.25, 0.3) is 0 Å². The number of ether oxygens (including phenoxy) is 1. The molecular formula is C16H12BrNO2S. The number of anilines is 1. The number of methoxy groups -OCH3 is 1. The molecular weight excluding hydrogens is 350 g/mol. The number of hydrogen-bond acceptors (Lipinski definition) is 4. The van der Waals surface area contributed by atoms with Crippen LogP contribution in [0.15, 0.2) is 46.9 Å². The topological polar surface area (TPSA) is 52.3 Å². The molecule has 0 aliphatic carbocycles. The Kier molecular flexibility index (Phi) is 3.69. The third kappa shape index (κ3) is 2.66. The maximum Gasteiger partial charge on any atom is 0.350 e. The standard InChI is InChI=1S/C16H12BrNO2S/c1-20-16(19)15-13(18)8-14(21-15)11-3-2-10-7-12(17)5-4-9(10)6-11/h2-8H,18H2,1H3. The fourth-order valence-electron chi connectivity index (χ4n) is 2.17. The van der Waals surface area contributed by atoms with E-state index in [0.717, 1.165) is 25.7 Å². The predicted molar refractivity (Wildman–Crippen MR) is 90.7 cm³/mol. The van der Waals surface area contributed by atoms with Crippen molar-refractivity contribution in [2.45, 2.75) is 0 Å². The molecule has 106 valence electrons. The van der Waals surface area contributed by atoms with Crippen molar-refractivity contribution >= 4 is 49.7 Å². The Morgan fingerprint density at radius 3 is 2.62 bits per heavy atom. The average molecular weight is 362 g/mol. The van der Waals surface area contributed by atoms with Crippen LogP contribution in [0.3, 0.4) is 0 Å². The Bertz CT molecular complexity index is 841. The average Bonchev–Trinajstić information content (AvgIpc) is 2.88. The van der Waals surface area contributed by atoms with Gasteiger partial charge in [0.05, 0.1) is 12.8 Å². The summed E-state index contributed by atoms with van der Waals surface area (Å²) in [6, 6.07) is 14.1. The summed E-state index contributed by atoms with van der Waals surface area (Å²) in [5.74, 6) is -0.395. The summed E-state index contributed by atoms with van der Waals surface area (Å²) in [7, 11) is 1.36. The van der Waals surface area contributed by atoms with Gasteiger partial charge in [-0.05, 0) is 40.6 Å². The molecule has 1 aromatic heterocycles. The molecule has 1 heterocycles. The highest BCUT2D eigenvalue weighted by molar-refractivity contribution is 9.10. The SMILES string of the molecule is COC(=O)c1sc(-c2ccc3cc(Br)ccc3c2)cc1N. The lowest BCUT2D eigenvalue weighted by Crippen LogP contribution is -2.00. The van der Waals surface area contributed by atoms with Crippen LogP contribution < -0.4 is 5.73 Å². The van der Waals surface area contributed by atoms with Crippen LogP contribution in [0.5, 0.6) is 0 Å². The molecule has 0 aliphatic rings. The molecule has 2 N–H and O–H groups in total. The number of esters is 1. The van der Waals surface area contributed by atoms with E-state index in [2.05, 4.69) is 40.2 Å². The van der Waals surface area contributed by atoms with Gasteiger partial charge in [0.15, 0.2) is 0 Å². The lowest BCUT2D eigenvalue weighted by Gasteiger charge is -2.02. The third-order valence-electron chi connectivity index (χ3n) is 3.22. The van der Waals surface area contributed by atoms with Gasteiger partial charge < -0.3 is 10.5 Å². The van der Waals surface area contributed by atoms with E-state index >= 15 is 0 Å². The molecule has 0 unspecified atom stereocenters. The Balaban J connectivity index is 2.08. The maximum atomic E-state index is 11.6. The number of hydrogen-bond donors (Lipinski definition) is 1. The first-order chi connectivity index (χ1) is 10.1. The summed E-state index contributed by atoms with van der Waals surface area (Å²) in [5.41, 5.74) is 7.39. The number of carbonyl (C=O) groups excluding carboxylic acids is 1. The Morgan fingerprint density at radius 2 is 1.86 bits per heavy atom. The molecule has 0 radical (unpaired) electrons. The Labute approximate surface area is 134 Å². The van der Waals surface area contributed by atoms with Gasteiger partial charge >= 0.3 is 5.97 Å². The quantitative estimate of drug-likeness (QED) is 0.673. The second-order valence-electron chi connectivity index (χ2n) is 4.59. The van der Waals surface area contributed by atoms with E-state index in [4.69, 9.17) is 10.5 Å². The molecule has 2 aromatic carbocycles. The molecule has 3 rings (SSSR count). The summed E-state index contributed by atoms with van der Waals surface area (Å²) < 4.78 is 5.79. The van der Waals surface area contributed by atoms with Crippen molar-refractivity contribution in [3.63, 3.8) is 0 Å². The smallest absolute Gasteiger partial charge is 0.350 e. The zero-order valence-corrected chi connectivity index (χ0v) is 13.6. The van der Waals surface area contributed by atoms with E-state index in [9.17, 15) is 4.79 Å². The van der Waals surface area contributed by atoms with Crippen molar-refractivity contribution in [1.29, 1.82) is 0 Å². The lowest BCUT2D eigenvalue weighted by molar-refractivity contribution is 0.0607. The number of halogens is 1. The number of benzene rings is 2. The normalized spacial score (nSPS) is 10.8. The highest BCUT2D eigenvalue weighted by Gasteiger charge is 2.15. The zero-order chi connectivity index (χ0) is 15.0. The number of nitrogens with two attached hydrogens (primary N) is 1. The summed E-state index contributed by atoms with van der Waals surface area (Å²) in [4.78, 5) is 13.0. The van der Waals surface area contributed by atoms with Crippen LogP contribution in [0.4, 0.5) is 5.69 Å². The fraction of sp³-hybridized carbons (Fsp3) is 0.0625. The highest BCUT2D eigenvalue weighted by Crippen LogP contribution is 2.35. The first-order valence-corrected chi connectivity index (χ1v) is 7.87. The fourth-order valence-corrected chi connectivity index (χ4v) is 3.54. The van der Waals surface area contributed by atoms with E-state index in [-0.39, 0.29) is 0 Å². The molecule has 0 spiro atoms. The molecule has 0 amide bonds. The largest absolute Gasteiger partial charge is 0.465 e. The van der Waals surface area contributed by atoms with Gasteiger partial charge in [-0.3, -0.25) is 0 Å². The van der Waals surface area contributed by atoms with Crippen LogP contribution in [-0.2, 0) is 4.74 Å². The first kappa shape index (κ1) is 14.1. The van der Waals surface area contributed by atoms with Gasteiger partial charge in [0, 0.05) is 9.35 Å². The van der Waals surface area contributed by atoms with E-state index < -0.39 is 5.97 Å². The van der Waals surface area contributed by atoms with Crippen LogP contribution in [0.1, 0.15) is 9.67 Å². The van der Waals surface area contributed by atoms with E-state index in [1.807, 2.05) is 18.2 Å². The molecule has 0 bridgehead atoms. The second-order valence-corrected chi connectivity index (χ2v) is 6.56. The summed E-state index contributed by atoms with van der Waals surface area (Å²) in [5, 5.41) is 2.30. The minimum absolute atomic E-state index is 0.395. The van der Waals surface area contributed by atoms with Crippen molar-refractivity contribution in [2.24, 2.45) is 0 Å². The van der Waals surface area contributed by atoms with E-state index in [0.29, 0.717) is 10.6 Å². The van der Waals surface area contributed by atoms with Gasteiger partial charge in [-0.15, -0.1) is 11.3 Å². The van der Waals surface area contributed by atoms with Crippen LogP contribution >= 0.6 is 27.3 Å². The van der Waals surface area contributed by atoms with Gasteiger partial charge in [0.2, 0.25) is 0 Å². The summed E-state index contributed by atoms with van der Waals surface area (Å²) in [6.07, 6.45) is 0. The predicted octanol–water partition coefficient (Wildman–Crippen LogP) is 4.70. The van der Waals surface area contributed by atoms with Crippen LogP contribution in [-0.4, -0.2) is 13.1 Å². The molecule has 0 fully saturated rings. The van der Waals surface area contributed by atoms with E-state index in [1.54, 1.807) is 0 Å². The van der Waals surface area contributed by atoms with Gasteiger partial charge in [-0.25, -0.2) is 4.79 Å². The number of thiophene rings is 1. The zero-order valence-electron chi connectivity index (χ0n) is 11.2. The van der Waals surface area contributed by atoms with Crippen molar-refractivity contribution in [3.05, 3.63) is 51.8 Å². The van der Waals surface area contributed by atoms with Crippen LogP contribution in [0.25, 0.3) is 21.2 Å². The molecule has 0 aliphatic heterocycles. The van der Waals surface area contributed by atoms with Gasteiger partial charge in [-0.1, -0.05) is 34.1 Å². The number of nitrogen functional groups attached to an aromatic ring is 1. The molecule has 0 atom stereocenters.